The van der Waals surface area contributed by atoms with Crippen molar-refractivity contribution >= 4 is 0 Å². The van der Waals surface area contributed by atoms with Gasteiger partial charge in [-0.25, -0.2) is 0 Å². The van der Waals surface area contributed by atoms with E-state index in [4.69, 9.17) is 4.74 Å². The van der Waals surface area contributed by atoms with Gasteiger partial charge in [0.15, 0.2) is 0 Å². The van der Waals surface area contributed by atoms with Crippen LogP contribution in [0.3, 0.4) is 0 Å². The first-order chi connectivity index (χ1) is 8.80. The van der Waals surface area contributed by atoms with Gasteiger partial charge in [0.05, 0.1) is 18.3 Å². The van der Waals surface area contributed by atoms with Crippen LogP contribution in [0.1, 0.15) is 44.7 Å². The highest BCUT2D eigenvalue weighted by atomic mass is 16.5. The second-order valence-corrected chi connectivity index (χ2v) is 5.10. The van der Waals surface area contributed by atoms with Crippen LogP contribution >= 0.6 is 0 Å². The lowest BCUT2D eigenvalue weighted by Gasteiger charge is -2.26. The monoisotopic (exact) mass is 251 g/mol. The first-order valence-corrected chi connectivity index (χ1v) is 7.08. The highest BCUT2D eigenvalue weighted by Gasteiger charge is 2.37. The van der Waals surface area contributed by atoms with Gasteiger partial charge in [0.25, 0.3) is 0 Å². The molecule has 1 aliphatic rings. The molecule has 1 aliphatic carbocycles. The molecule has 0 saturated heterocycles. The Bertz CT molecular complexity index is 360. The molecule has 1 aromatic rings. The molecule has 102 valence electrons. The topological polar surface area (TPSA) is 39.1 Å². The summed E-state index contributed by atoms with van der Waals surface area (Å²) >= 11 is 0. The zero-order chi connectivity index (χ0) is 13.0. The van der Waals surface area contributed by atoms with Gasteiger partial charge in [-0.3, -0.25) is 4.68 Å². The molecular formula is C14H25N3O. The third kappa shape index (κ3) is 3.12. The fourth-order valence-corrected chi connectivity index (χ4v) is 2.46. The van der Waals surface area contributed by atoms with Crippen LogP contribution in [0.2, 0.25) is 0 Å². The van der Waals surface area contributed by atoms with Crippen molar-refractivity contribution in [2.45, 2.75) is 51.8 Å². The summed E-state index contributed by atoms with van der Waals surface area (Å²) in [5.41, 5.74) is 1.25. The third-order valence-corrected chi connectivity index (χ3v) is 3.64. The van der Waals surface area contributed by atoms with E-state index in [1.165, 1.54) is 18.4 Å². The molecule has 1 N–H and O–H groups in total. The van der Waals surface area contributed by atoms with Crippen LogP contribution in [0.5, 0.6) is 0 Å². The predicted molar refractivity (Wildman–Crippen MR) is 72.5 cm³/mol. The van der Waals surface area contributed by atoms with Crippen LogP contribution in [-0.2, 0) is 11.3 Å². The van der Waals surface area contributed by atoms with E-state index in [0.717, 1.165) is 19.5 Å². The minimum absolute atomic E-state index is 0.280. The smallest absolute Gasteiger partial charge is 0.0795 e. The van der Waals surface area contributed by atoms with E-state index >= 15 is 0 Å². The summed E-state index contributed by atoms with van der Waals surface area (Å²) in [5.74, 6) is 0.717. The van der Waals surface area contributed by atoms with Crippen molar-refractivity contribution in [3.05, 3.63) is 18.0 Å². The van der Waals surface area contributed by atoms with E-state index in [1.807, 2.05) is 18.0 Å². The Morgan fingerprint density at radius 3 is 2.78 bits per heavy atom. The van der Waals surface area contributed by atoms with Crippen molar-refractivity contribution in [3.8, 4) is 0 Å². The highest BCUT2D eigenvalue weighted by Crippen LogP contribution is 2.39. The van der Waals surface area contributed by atoms with E-state index in [-0.39, 0.29) is 12.1 Å². The summed E-state index contributed by atoms with van der Waals surface area (Å²) in [6.45, 7) is 6.24. The Labute approximate surface area is 110 Å². The summed E-state index contributed by atoms with van der Waals surface area (Å²) < 4.78 is 7.71. The number of rotatable bonds is 8. The standard InChI is InChI=1S/C14H25N3O/c1-4-8-15-13(14(18-3)11-6-7-11)12-9-16-17(5-2)10-12/h9-11,13-15H,4-8H2,1-3H3. The number of aryl methyl sites for hydroxylation is 1. The maximum atomic E-state index is 5.73. The molecule has 18 heavy (non-hydrogen) atoms. The fourth-order valence-electron chi connectivity index (χ4n) is 2.46. The zero-order valence-electron chi connectivity index (χ0n) is 11.7. The molecule has 4 heteroatoms. The predicted octanol–water partition coefficient (Wildman–Crippen LogP) is 2.37. The van der Waals surface area contributed by atoms with Crippen LogP contribution in [0.25, 0.3) is 0 Å². The number of methoxy groups -OCH3 is 1. The van der Waals surface area contributed by atoms with Crippen LogP contribution in [0.15, 0.2) is 12.4 Å². The Morgan fingerprint density at radius 2 is 2.28 bits per heavy atom. The van der Waals surface area contributed by atoms with Crippen molar-refractivity contribution in [1.29, 1.82) is 0 Å². The zero-order valence-corrected chi connectivity index (χ0v) is 11.7. The number of aromatic nitrogens is 2. The molecule has 0 radical (unpaired) electrons. The van der Waals surface area contributed by atoms with Crippen molar-refractivity contribution in [3.63, 3.8) is 0 Å². The molecule has 1 heterocycles. The molecule has 1 saturated carbocycles. The summed E-state index contributed by atoms with van der Waals surface area (Å²) in [5, 5.41) is 8.00. The Morgan fingerprint density at radius 1 is 1.50 bits per heavy atom. The summed E-state index contributed by atoms with van der Waals surface area (Å²) in [7, 11) is 1.83. The number of hydrogen-bond acceptors (Lipinski definition) is 3. The first-order valence-electron chi connectivity index (χ1n) is 7.08. The van der Waals surface area contributed by atoms with Gasteiger partial charge in [0.2, 0.25) is 0 Å². The minimum Gasteiger partial charge on any atom is -0.379 e. The Kier molecular flexibility index (Phi) is 4.78. The molecule has 0 aromatic carbocycles. The van der Waals surface area contributed by atoms with Gasteiger partial charge in [-0.05, 0) is 38.6 Å². The second kappa shape index (κ2) is 6.34. The van der Waals surface area contributed by atoms with E-state index in [0.29, 0.717) is 5.92 Å². The molecule has 2 rings (SSSR count). The van der Waals surface area contributed by atoms with Gasteiger partial charge in [-0.15, -0.1) is 0 Å². The van der Waals surface area contributed by atoms with Crippen LogP contribution in [-0.4, -0.2) is 29.5 Å². The van der Waals surface area contributed by atoms with Crippen molar-refractivity contribution < 1.29 is 4.74 Å². The molecule has 1 fully saturated rings. The number of ether oxygens (including phenoxy) is 1. The number of hydrogen-bond donors (Lipinski definition) is 1. The molecule has 0 amide bonds. The summed E-state index contributed by atoms with van der Waals surface area (Å²) in [4.78, 5) is 0. The van der Waals surface area contributed by atoms with Gasteiger partial charge in [-0.1, -0.05) is 6.92 Å². The molecule has 0 spiro atoms. The van der Waals surface area contributed by atoms with Crippen LogP contribution in [0, 0.1) is 5.92 Å². The lowest BCUT2D eigenvalue weighted by Crippen LogP contribution is -2.35. The molecular weight excluding hydrogens is 226 g/mol. The van der Waals surface area contributed by atoms with E-state index < -0.39 is 0 Å². The van der Waals surface area contributed by atoms with Crippen molar-refractivity contribution in [2.75, 3.05) is 13.7 Å². The van der Waals surface area contributed by atoms with Gasteiger partial charge < -0.3 is 10.1 Å². The fraction of sp³-hybridized carbons (Fsp3) is 0.786. The van der Waals surface area contributed by atoms with Gasteiger partial charge >= 0.3 is 0 Å². The Balaban J connectivity index is 2.11. The SMILES string of the molecule is CCCNC(c1cnn(CC)c1)C(OC)C1CC1. The second-order valence-electron chi connectivity index (χ2n) is 5.10. The van der Waals surface area contributed by atoms with E-state index in [2.05, 4.69) is 30.5 Å². The number of nitrogens with one attached hydrogen (secondary N) is 1. The Hall–Kier alpha value is -0.870. The minimum atomic E-state index is 0.280. The average Bonchev–Trinajstić information content (AvgIpc) is 3.11. The third-order valence-electron chi connectivity index (χ3n) is 3.64. The first kappa shape index (κ1) is 13.6. The molecule has 0 bridgehead atoms. The van der Waals surface area contributed by atoms with Crippen LogP contribution < -0.4 is 5.32 Å². The highest BCUT2D eigenvalue weighted by molar-refractivity contribution is 5.14. The average molecular weight is 251 g/mol. The quantitative estimate of drug-likeness (QED) is 0.771. The molecule has 2 atom stereocenters. The maximum absolute atomic E-state index is 5.73. The normalized spacial score (nSPS) is 18.8. The molecule has 1 aromatic heterocycles. The molecule has 0 aliphatic heterocycles. The summed E-state index contributed by atoms with van der Waals surface area (Å²) in [6.07, 6.45) is 8.13. The summed E-state index contributed by atoms with van der Waals surface area (Å²) in [6, 6.07) is 0.280. The van der Waals surface area contributed by atoms with Gasteiger partial charge in [-0.2, -0.15) is 5.10 Å². The maximum Gasteiger partial charge on any atom is 0.0795 e. The van der Waals surface area contributed by atoms with Gasteiger partial charge in [0, 0.05) is 25.4 Å². The molecule has 2 unspecified atom stereocenters. The lowest BCUT2D eigenvalue weighted by atomic mass is 10.0. The largest absolute Gasteiger partial charge is 0.379 e. The van der Waals surface area contributed by atoms with Crippen molar-refractivity contribution in [1.82, 2.24) is 15.1 Å². The van der Waals surface area contributed by atoms with E-state index in [9.17, 15) is 0 Å². The number of nitrogens with zero attached hydrogens (tertiary/aromatic N) is 2. The van der Waals surface area contributed by atoms with Crippen LogP contribution in [0.4, 0.5) is 0 Å². The van der Waals surface area contributed by atoms with Gasteiger partial charge in [0.1, 0.15) is 0 Å². The molecule has 4 nitrogen and oxygen atoms in total. The van der Waals surface area contributed by atoms with E-state index in [1.54, 1.807) is 0 Å². The lowest BCUT2D eigenvalue weighted by molar-refractivity contribution is 0.0506. The van der Waals surface area contributed by atoms with Crippen molar-refractivity contribution in [2.24, 2.45) is 5.92 Å².